The number of benzene rings is 4. The van der Waals surface area contributed by atoms with Gasteiger partial charge >= 0.3 is 0 Å². The van der Waals surface area contributed by atoms with Gasteiger partial charge in [0, 0.05) is 20.0 Å². The highest BCUT2D eigenvalue weighted by Gasteiger charge is 2.35. The summed E-state index contributed by atoms with van der Waals surface area (Å²) in [6, 6.07) is 27.4. The van der Waals surface area contributed by atoms with Crippen LogP contribution in [0.1, 0.15) is 22.3 Å². The number of anilines is 1. The average molecular weight is 588 g/mol. The Kier molecular flexibility index (Phi) is 9.75. The smallest absolute Gasteiger partial charge is 0.264 e. The van der Waals surface area contributed by atoms with E-state index in [1.807, 2.05) is 68.4 Å². The van der Waals surface area contributed by atoms with Gasteiger partial charge in [-0.2, -0.15) is 0 Å². The Morgan fingerprint density at radius 2 is 1.45 bits per heavy atom. The summed E-state index contributed by atoms with van der Waals surface area (Å²) in [5, 5.41) is 2.65. The minimum Gasteiger partial charge on any atom is -0.357 e. The van der Waals surface area contributed by atoms with E-state index in [9.17, 15) is 18.0 Å². The number of rotatable bonds is 11. The van der Waals surface area contributed by atoms with Gasteiger partial charge in [-0.3, -0.25) is 13.9 Å². The third kappa shape index (κ3) is 7.22. The number of carbonyl (C=O) groups is 2. The highest BCUT2D eigenvalue weighted by atomic mass is 32.2. The van der Waals surface area contributed by atoms with Crippen molar-refractivity contribution in [3.63, 3.8) is 0 Å². The van der Waals surface area contributed by atoms with Gasteiger partial charge < -0.3 is 10.2 Å². The number of likely N-dealkylation sites (N-methyl/N-ethyl adjacent to an activating group) is 1. The van der Waals surface area contributed by atoms with Gasteiger partial charge in [-0.25, -0.2) is 12.8 Å². The molecule has 4 aromatic rings. The summed E-state index contributed by atoms with van der Waals surface area (Å²) in [5.74, 6) is -1.85. The second kappa shape index (κ2) is 13.4. The molecule has 0 aliphatic carbocycles. The summed E-state index contributed by atoms with van der Waals surface area (Å²) in [7, 11) is -2.88. The van der Waals surface area contributed by atoms with Crippen LogP contribution in [0.2, 0.25) is 0 Å². The summed E-state index contributed by atoms with van der Waals surface area (Å²) in [5.41, 5.74) is 3.15. The lowest BCUT2D eigenvalue weighted by atomic mass is 10.0. The monoisotopic (exact) mass is 587 g/mol. The van der Waals surface area contributed by atoms with Gasteiger partial charge in [-0.05, 0) is 49.2 Å². The Hall–Kier alpha value is -4.50. The first-order chi connectivity index (χ1) is 20.1. The molecular formula is C33H34FN3O4S. The predicted octanol–water partition coefficient (Wildman–Crippen LogP) is 5.02. The molecule has 0 radical (unpaired) electrons. The summed E-state index contributed by atoms with van der Waals surface area (Å²) in [6.45, 7) is 3.07. The lowest BCUT2D eigenvalue weighted by molar-refractivity contribution is -0.139. The van der Waals surface area contributed by atoms with Crippen LogP contribution in [0, 0.1) is 19.7 Å². The van der Waals surface area contributed by atoms with E-state index in [4.69, 9.17) is 0 Å². The number of amides is 2. The molecule has 0 bridgehead atoms. The van der Waals surface area contributed by atoms with Crippen molar-refractivity contribution in [3.05, 3.63) is 131 Å². The van der Waals surface area contributed by atoms with Gasteiger partial charge in [0.15, 0.2) is 0 Å². The molecule has 0 unspecified atom stereocenters. The van der Waals surface area contributed by atoms with Gasteiger partial charge in [0.25, 0.3) is 10.0 Å². The first kappa shape index (κ1) is 30.5. The second-order valence-corrected chi connectivity index (χ2v) is 12.0. The van der Waals surface area contributed by atoms with Crippen LogP contribution in [-0.2, 0) is 32.6 Å². The van der Waals surface area contributed by atoms with Crippen molar-refractivity contribution in [2.24, 2.45) is 0 Å². The Morgan fingerprint density at radius 3 is 2.10 bits per heavy atom. The molecule has 0 spiro atoms. The van der Waals surface area contributed by atoms with Gasteiger partial charge in [0.05, 0.1) is 10.6 Å². The molecule has 0 fully saturated rings. The molecule has 7 nitrogen and oxygen atoms in total. The Labute approximate surface area is 246 Å². The SMILES string of the molecule is CNC(=O)[C@@H](Cc1ccccc1)N(Cc1cccc(C)c1)C(=O)CN(c1ccccc1F)S(=O)(=O)c1ccc(C)cc1. The van der Waals surface area contributed by atoms with Crippen LogP contribution in [0.5, 0.6) is 0 Å². The fourth-order valence-corrected chi connectivity index (χ4v) is 6.15. The molecule has 0 aliphatic heterocycles. The molecule has 2 amide bonds. The standard InChI is InChI=1S/C33H34FN3O4S/c1-24-16-18-28(19-17-24)42(40,41)37(30-15-8-7-14-29(30)34)23-32(38)36(22-27-13-9-10-25(2)20-27)31(33(39)35-3)21-26-11-5-4-6-12-26/h4-20,31H,21-23H2,1-3H3,(H,35,39)/t31-/m1/s1. The van der Waals surface area contributed by atoms with Crippen molar-refractivity contribution in [1.29, 1.82) is 0 Å². The Morgan fingerprint density at radius 1 is 0.810 bits per heavy atom. The number of hydrogen-bond donors (Lipinski definition) is 1. The maximum absolute atomic E-state index is 15.1. The normalized spacial score (nSPS) is 11.9. The minimum atomic E-state index is -4.37. The summed E-state index contributed by atoms with van der Waals surface area (Å²) in [6.07, 6.45) is 0.197. The lowest BCUT2D eigenvalue weighted by Crippen LogP contribution is -2.53. The average Bonchev–Trinajstić information content (AvgIpc) is 2.98. The van der Waals surface area contributed by atoms with E-state index in [1.165, 1.54) is 42.3 Å². The zero-order valence-electron chi connectivity index (χ0n) is 23.8. The second-order valence-electron chi connectivity index (χ2n) is 10.1. The van der Waals surface area contributed by atoms with Crippen molar-refractivity contribution >= 4 is 27.5 Å². The van der Waals surface area contributed by atoms with Crippen LogP contribution in [0.4, 0.5) is 10.1 Å². The number of hydrogen-bond acceptors (Lipinski definition) is 4. The highest BCUT2D eigenvalue weighted by Crippen LogP contribution is 2.27. The number of sulfonamides is 1. The lowest BCUT2D eigenvalue weighted by Gasteiger charge is -2.33. The maximum Gasteiger partial charge on any atom is 0.264 e. The molecule has 4 aromatic carbocycles. The number of aryl methyl sites for hydroxylation is 2. The van der Waals surface area contributed by atoms with Crippen LogP contribution >= 0.6 is 0 Å². The quantitative estimate of drug-likeness (QED) is 0.267. The largest absolute Gasteiger partial charge is 0.357 e. The van der Waals surface area contributed by atoms with E-state index >= 15 is 4.39 Å². The molecule has 0 heterocycles. The molecule has 0 aromatic heterocycles. The fourth-order valence-electron chi connectivity index (χ4n) is 4.73. The molecule has 1 atom stereocenters. The maximum atomic E-state index is 15.1. The van der Waals surface area contributed by atoms with Crippen molar-refractivity contribution in [2.75, 3.05) is 17.9 Å². The van der Waals surface area contributed by atoms with Crippen molar-refractivity contribution < 1.29 is 22.4 Å². The summed E-state index contributed by atoms with van der Waals surface area (Å²) < 4.78 is 43.7. The number of nitrogens with one attached hydrogen (secondary N) is 1. The van der Waals surface area contributed by atoms with Gasteiger partial charge in [-0.15, -0.1) is 0 Å². The molecule has 218 valence electrons. The molecule has 0 saturated heterocycles. The van der Waals surface area contributed by atoms with E-state index in [2.05, 4.69) is 5.32 Å². The highest BCUT2D eigenvalue weighted by molar-refractivity contribution is 7.92. The summed E-state index contributed by atoms with van der Waals surface area (Å²) in [4.78, 5) is 28.8. The number of halogens is 1. The van der Waals surface area contributed by atoms with E-state index < -0.39 is 40.2 Å². The van der Waals surface area contributed by atoms with E-state index in [0.717, 1.165) is 32.6 Å². The number of carbonyl (C=O) groups excluding carboxylic acids is 2. The number of para-hydroxylation sites is 1. The van der Waals surface area contributed by atoms with Gasteiger partial charge in [-0.1, -0.05) is 90.0 Å². The van der Waals surface area contributed by atoms with Gasteiger partial charge in [0.2, 0.25) is 11.8 Å². The molecular weight excluding hydrogens is 553 g/mol. The molecule has 0 saturated carbocycles. The fraction of sp³-hybridized carbons (Fsp3) is 0.212. The Bertz CT molecular complexity index is 1640. The Balaban J connectivity index is 1.80. The minimum absolute atomic E-state index is 0.0428. The molecule has 42 heavy (non-hydrogen) atoms. The van der Waals surface area contributed by atoms with Crippen LogP contribution < -0.4 is 9.62 Å². The molecule has 0 aliphatic rings. The van der Waals surface area contributed by atoms with Crippen LogP contribution in [0.25, 0.3) is 0 Å². The van der Waals surface area contributed by atoms with Crippen molar-refractivity contribution in [2.45, 2.75) is 37.8 Å². The van der Waals surface area contributed by atoms with Gasteiger partial charge in [0.1, 0.15) is 18.4 Å². The summed E-state index contributed by atoms with van der Waals surface area (Å²) >= 11 is 0. The van der Waals surface area contributed by atoms with Crippen LogP contribution in [0.3, 0.4) is 0 Å². The first-order valence-electron chi connectivity index (χ1n) is 13.5. The molecule has 9 heteroatoms. The van der Waals surface area contributed by atoms with E-state index in [1.54, 1.807) is 12.1 Å². The molecule has 4 rings (SSSR count). The topological polar surface area (TPSA) is 86.8 Å². The number of nitrogens with zero attached hydrogens (tertiary/aromatic N) is 2. The van der Waals surface area contributed by atoms with Crippen LogP contribution in [0.15, 0.2) is 108 Å². The van der Waals surface area contributed by atoms with Crippen molar-refractivity contribution in [1.82, 2.24) is 10.2 Å². The third-order valence-corrected chi connectivity index (χ3v) is 8.74. The zero-order valence-corrected chi connectivity index (χ0v) is 24.6. The third-order valence-electron chi connectivity index (χ3n) is 6.96. The predicted molar refractivity (Wildman–Crippen MR) is 162 cm³/mol. The first-order valence-corrected chi connectivity index (χ1v) is 15.0. The van der Waals surface area contributed by atoms with Crippen molar-refractivity contribution in [3.8, 4) is 0 Å². The molecule has 1 N–H and O–H groups in total. The van der Waals surface area contributed by atoms with Crippen LogP contribution in [-0.4, -0.2) is 44.8 Å². The van der Waals surface area contributed by atoms with E-state index in [-0.39, 0.29) is 23.5 Å². The van der Waals surface area contributed by atoms with E-state index in [0.29, 0.717) is 0 Å². The zero-order chi connectivity index (χ0) is 30.3.